The number of hydrogen-bond donors (Lipinski definition) is 1. The van der Waals surface area contributed by atoms with Crippen LogP contribution >= 0.6 is 11.3 Å². The minimum atomic E-state index is -4.09. The maximum absolute atomic E-state index is 13.5. The van der Waals surface area contributed by atoms with Crippen molar-refractivity contribution in [1.29, 1.82) is 5.26 Å². The average Bonchev–Trinajstić information content (AvgIpc) is 3.40. The highest BCUT2D eigenvalue weighted by Crippen LogP contribution is 2.40. The summed E-state index contributed by atoms with van der Waals surface area (Å²) in [6.45, 7) is 8.69. The summed E-state index contributed by atoms with van der Waals surface area (Å²) in [6.07, 6.45) is -0.638. The molecular formula is C27H29F2N9O3S2. The van der Waals surface area contributed by atoms with Gasteiger partial charge in [0.25, 0.3) is 6.43 Å². The number of rotatable bonds is 7. The van der Waals surface area contributed by atoms with E-state index in [1.54, 1.807) is 6.07 Å². The summed E-state index contributed by atoms with van der Waals surface area (Å²) in [4.78, 5) is 25.9. The normalized spacial score (nSPS) is 20.3. The third-order valence-corrected chi connectivity index (χ3v) is 10.3. The van der Waals surface area contributed by atoms with Crippen molar-refractivity contribution < 1.29 is 22.0 Å². The second-order valence-corrected chi connectivity index (χ2v) is 14.1. The Morgan fingerprint density at radius 3 is 2.44 bits per heavy atom. The van der Waals surface area contributed by atoms with Crippen molar-refractivity contribution in [3.05, 3.63) is 29.5 Å². The Kier molecular flexibility index (Phi) is 7.09. The first-order valence-electron chi connectivity index (χ1n) is 13.8. The summed E-state index contributed by atoms with van der Waals surface area (Å²) in [6, 6.07) is 6.27. The molecule has 4 heterocycles. The summed E-state index contributed by atoms with van der Waals surface area (Å²) in [5.74, 6) is 0.493. The fourth-order valence-electron chi connectivity index (χ4n) is 5.71. The van der Waals surface area contributed by atoms with Crippen LogP contribution in [0.1, 0.15) is 52.0 Å². The number of carbonyl (C=O) groups excluding carboxylic acids is 1. The number of sulfonamides is 1. The molecule has 6 rings (SSSR count). The molecule has 12 nitrogen and oxygen atoms in total. The van der Waals surface area contributed by atoms with Gasteiger partial charge in [0, 0.05) is 36.5 Å². The highest BCUT2D eigenvalue weighted by atomic mass is 32.2. The van der Waals surface area contributed by atoms with Gasteiger partial charge >= 0.3 is 0 Å². The zero-order chi connectivity index (χ0) is 30.8. The predicted molar refractivity (Wildman–Crippen MR) is 156 cm³/mol. The molecule has 1 amide bonds. The van der Waals surface area contributed by atoms with Crippen molar-refractivity contribution in [2.45, 2.75) is 69.5 Å². The SMILES string of the molecule is CC(C)C(=O)N1[C@H](C)CN(c2ncnc3c2c2ccc(S(=O)(=O)NC4(C#N)CC4)cc2n3-c2nnc(C(F)F)s2)C[C@@H]1C. The number of aromatic nitrogens is 5. The van der Waals surface area contributed by atoms with Crippen LogP contribution in [-0.4, -0.2) is 74.7 Å². The van der Waals surface area contributed by atoms with Crippen LogP contribution in [0.15, 0.2) is 29.4 Å². The zero-order valence-electron chi connectivity index (χ0n) is 23.8. The number of piperazine rings is 1. The quantitative estimate of drug-likeness (QED) is 0.322. The Balaban J connectivity index is 1.52. The van der Waals surface area contributed by atoms with Crippen molar-refractivity contribution in [3.63, 3.8) is 0 Å². The lowest BCUT2D eigenvalue weighted by molar-refractivity contribution is -0.139. The summed E-state index contributed by atoms with van der Waals surface area (Å²) < 4.78 is 57.6. The van der Waals surface area contributed by atoms with Gasteiger partial charge in [0.15, 0.2) is 10.7 Å². The first-order chi connectivity index (χ1) is 20.4. The van der Waals surface area contributed by atoms with E-state index in [0.717, 1.165) is 0 Å². The van der Waals surface area contributed by atoms with Gasteiger partial charge in [0.2, 0.25) is 21.1 Å². The van der Waals surface area contributed by atoms with Crippen LogP contribution in [0.5, 0.6) is 0 Å². The van der Waals surface area contributed by atoms with E-state index in [2.05, 4.69) is 29.8 Å². The molecule has 0 spiro atoms. The molecule has 1 saturated heterocycles. The number of nitrogens with zero attached hydrogens (tertiary/aromatic N) is 8. The lowest BCUT2D eigenvalue weighted by atomic mass is 10.0. The number of alkyl halides is 2. The topological polar surface area (TPSA) is 150 Å². The van der Waals surface area contributed by atoms with E-state index >= 15 is 0 Å². The van der Waals surface area contributed by atoms with E-state index < -0.39 is 27.0 Å². The molecule has 2 fully saturated rings. The molecule has 226 valence electrons. The molecular weight excluding hydrogens is 600 g/mol. The van der Waals surface area contributed by atoms with Crippen molar-refractivity contribution in [2.24, 2.45) is 5.92 Å². The summed E-state index contributed by atoms with van der Waals surface area (Å²) in [5.41, 5.74) is -0.430. The van der Waals surface area contributed by atoms with Gasteiger partial charge in [-0.3, -0.25) is 9.36 Å². The first-order valence-corrected chi connectivity index (χ1v) is 16.1. The van der Waals surface area contributed by atoms with Crippen molar-refractivity contribution in [2.75, 3.05) is 18.0 Å². The van der Waals surface area contributed by atoms with Crippen LogP contribution in [0.25, 0.3) is 27.1 Å². The number of benzene rings is 1. The van der Waals surface area contributed by atoms with Crippen molar-refractivity contribution in [3.8, 4) is 11.2 Å². The van der Waals surface area contributed by atoms with E-state index in [-0.39, 0.29) is 33.9 Å². The Hall–Kier alpha value is -3.81. The van der Waals surface area contributed by atoms with E-state index in [1.165, 1.54) is 23.0 Å². The molecule has 43 heavy (non-hydrogen) atoms. The Morgan fingerprint density at radius 1 is 1.16 bits per heavy atom. The predicted octanol–water partition coefficient (Wildman–Crippen LogP) is 3.78. The Bertz CT molecular complexity index is 1880. The monoisotopic (exact) mass is 629 g/mol. The number of carbonyl (C=O) groups is 1. The van der Waals surface area contributed by atoms with Crippen LogP contribution in [0.3, 0.4) is 0 Å². The van der Waals surface area contributed by atoms with E-state index in [9.17, 15) is 27.3 Å². The highest BCUT2D eigenvalue weighted by Gasteiger charge is 2.47. The first kappa shape index (κ1) is 29.3. The maximum Gasteiger partial charge on any atom is 0.291 e. The number of amides is 1. The second kappa shape index (κ2) is 10.4. The molecule has 4 aromatic rings. The molecule has 16 heteroatoms. The summed E-state index contributed by atoms with van der Waals surface area (Å²) in [5, 5.41) is 17.8. The maximum atomic E-state index is 13.5. The van der Waals surface area contributed by atoms with E-state index in [0.29, 0.717) is 65.0 Å². The van der Waals surface area contributed by atoms with Crippen LogP contribution < -0.4 is 9.62 Å². The standard InChI is InChI=1S/C27H29F2N9O3S2/c1-14(2)25(39)37-15(3)10-36(11-16(37)4)22-20-18-6-5-17(43(40,41)35-27(12-30)7-8-27)9-19(18)38(23(20)32-13-31-22)26-34-33-24(42-26)21(28)29/h5-6,9,13-16,21,35H,7-8,10-11H2,1-4H3/t15-,16+. The number of anilines is 1. The van der Waals surface area contributed by atoms with Gasteiger partial charge in [-0.2, -0.15) is 9.98 Å². The number of nitriles is 1. The fraction of sp³-hybridized carbons (Fsp3) is 0.481. The third kappa shape index (κ3) is 4.98. The van der Waals surface area contributed by atoms with Gasteiger partial charge in [-0.05, 0) is 38.8 Å². The molecule has 1 aromatic carbocycles. The van der Waals surface area contributed by atoms with Crippen LogP contribution in [-0.2, 0) is 14.8 Å². The van der Waals surface area contributed by atoms with Gasteiger partial charge < -0.3 is 9.80 Å². The molecule has 0 unspecified atom stereocenters. The summed E-state index contributed by atoms with van der Waals surface area (Å²) in [7, 11) is -4.09. The van der Waals surface area contributed by atoms with E-state index in [1.807, 2.05) is 38.7 Å². The highest BCUT2D eigenvalue weighted by molar-refractivity contribution is 7.89. The van der Waals surface area contributed by atoms with Crippen LogP contribution in [0.2, 0.25) is 0 Å². The average molecular weight is 630 g/mol. The van der Waals surface area contributed by atoms with Gasteiger partial charge in [-0.1, -0.05) is 31.3 Å². The van der Waals surface area contributed by atoms with Gasteiger partial charge in [-0.15, -0.1) is 10.2 Å². The lowest BCUT2D eigenvalue weighted by Gasteiger charge is -2.45. The minimum Gasteiger partial charge on any atom is -0.352 e. The molecule has 2 aliphatic rings. The zero-order valence-corrected chi connectivity index (χ0v) is 25.5. The number of hydrogen-bond acceptors (Lipinski definition) is 10. The molecule has 1 saturated carbocycles. The van der Waals surface area contributed by atoms with Crippen LogP contribution in [0.4, 0.5) is 14.6 Å². The molecule has 1 aliphatic heterocycles. The van der Waals surface area contributed by atoms with Gasteiger partial charge in [-0.25, -0.2) is 27.2 Å². The van der Waals surface area contributed by atoms with E-state index in [4.69, 9.17) is 0 Å². The van der Waals surface area contributed by atoms with Crippen molar-refractivity contribution in [1.82, 2.24) is 34.4 Å². The summed E-state index contributed by atoms with van der Waals surface area (Å²) >= 11 is 0.678. The van der Waals surface area contributed by atoms with Gasteiger partial charge in [0.1, 0.15) is 17.7 Å². The number of halogens is 2. The number of fused-ring (bicyclic) bond motifs is 3. The molecule has 0 radical (unpaired) electrons. The third-order valence-electron chi connectivity index (χ3n) is 7.88. The molecule has 1 aliphatic carbocycles. The smallest absolute Gasteiger partial charge is 0.291 e. The Morgan fingerprint density at radius 2 is 1.86 bits per heavy atom. The molecule has 2 atom stereocenters. The van der Waals surface area contributed by atoms with Crippen LogP contribution in [0, 0.1) is 17.2 Å². The molecule has 1 N–H and O–H groups in total. The fourth-order valence-corrected chi connectivity index (χ4v) is 7.82. The largest absolute Gasteiger partial charge is 0.352 e. The second-order valence-electron chi connectivity index (χ2n) is 11.4. The molecule has 0 bridgehead atoms. The number of nitrogens with one attached hydrogen (secondary N) is 1. The Labute approximate surface area is 250 Å². The van der Waals surface area contributed by atoms with Crippen molar-refractivity contribution >= 4 is 55.0 Å². The minimum absolute atomic E-state index is 0.0712. The lowest BCUT2D eigenvalue weighted by Crippen LogP contribution is -2.59. The molecule has 3 aromatic heterocycles. The van der Waals surface area contributed by atoms with Gasteiger partial charge in [0.05, 0.1) is 21.9 Å².